The molecule has 13 heavy (non-hydrogen) atoms. The number of aromatic nitrogens is 2. The zero-order chi connectivity index (χ0) is 9.26. The first-order chi connectivity index (χ1) is 6.31. The van der Waals surface area contributed by atoms with Crippen LogP contribution >= 0.6 is 0 Å². The Balaban J connectivity index is 2.13. The molecule has 1 aliphatic rings. The highest BCUT2D eigenvalue weighted by molar-refractivity contribution is 5.28. The van der Waals surface area contributed by atoms with E-state index in [1.54, 1.807) is 0 Å². The highest BCUT2D eigenvalue weighted by Crippen LogP contribution is 2.45. The first kappa shape index (κ1) is 8.48. The minimum Gasteiger partial charge on any atom is -0.354 e. The van der Waals surface area contributed by atoms with Crippen molar-refractivity contribution in [2.24, 2.45) is 5.92 Å². The molecule has 3 heteroatoms. The van der Waals surface area contributed by atoms with E-state index < -0.39 is 0 Å². The van der Waals surface area contributed by atoms with Crippen LogP contribution in [0.4, 0.5) is 5.95 Å². The number of nitrogens with zero attached hydrogens (tertiary/aromatic N) is 2. The summed E-state index contributed by atoms with van der Waals surface area (Å²) in [4.78, 5) is 8.59. The Morgan fingerprint density at radius 2 is 2.38 bits per heavy atom. The van der Waals surface area contributed by atoms with Gasteiger partial charge in [-0.05, 0) is 25.3 Å². The Morgan fingerprint density at radius 3 is 3.00 bits per heavy atom. The highest BCUT2D eigenvalue weighted by Gasteiger charge is 2.35. The van der Waals surface area contributed by atoms with Gasteiger partial charge in [0.25, 0.3) is 0 Å². The Bertz CT molecular complexity index is 298. The van der Waals surface area contributed by atoms with Crippen LogP contribution in [0.2, 0.25) is 0 Å². The third kappa shape index (κ3) is 1.79. The first-order valence-corrected chi connectivity index (χ1v) is 4.88. The van der Waals surface area contributed by atoms with Gasteiger partial charge in [-0.2, -0.15) is 0 Å². The summed E-state index contributed by atoms with van der Waals surface area (Å²) in [6.45, 7) is 5.19. The molecule has 3 nitrogen and oxygen atoms in total. The van der Waals surface area contributed by atoms with E-state index in [-0.39, 0.29) is 0 Å². The molecule has 70 valence electrons. The van der Waals surface area contributed by atoms with Crippen LogP contribution in [0.15, 0.2) is 12.3 Å². The van der Waals surface area contributed by atoms with Gasteiger partial charge in [0.15, 0.2) is 0 Å². The number of hydrogen-bond donors (Lipinski definition) is 1. The number of hydrogen-bond acceptors (Lipinski definition) is 3. The summed E-state index contributed by atoms with van der Waals surface area (Å²) in [7, 11) is 0. The van der Waals surface area contributed by atoms with Crippen LogP contribution in [0.1, 0.15) is 31.9 Å². The zero-order valence-corrected chi connectivity index (χ0v) is 8.12. The molecule has 0 spiro atoms. The molecule has 0 amide bonds. The van der Waals surface area contributed by atoms with Gasteiger partial charge in [-0.1, -0.05) is 6.92 Å². The lowest BCUT2D eigenvalue weighted by Crippen LogP contribution is -2.03. The summed E-state index contributed by atoms with van der Waals surface area (Å²) >= 11 is 0. The zero-order valence-electron chi connectivity index (χ0n) is 8.12. The topological polar surface area (TPSA) is 37.8 Å². The maximum atomic E-state index is 4.45. The third-order valence-electron chi connectivity index (χ3n) is 2.50. The minimum absolute atomic E-state index is 0.681. The molecule has 1 saturated carbocycles. The summed E-state index contributed by atoms with van der Waals surface area (Å²) in [6.07, 6.45) is 3.12. The smallest absolute Gasteiger partial charge is 0.222 e. The summed E-state index contributed by atoms with van der Waals surface area (Å²) < 4.78 is 0. The van der Waals surface area contributed by atoms with Crippen molar-refractivity contribution in [3.8, 4) is 0 Å². The van der Waals surface area contributed by atoms with E-state index in [0.29, 0.717) is 5.92 Å². The standard InChI is InChI=1S/C10H15N3/c1-3-11-10-12-5-4-9(13-10)8-6-7(8)2/h4-5,7-8H,3,6H2,1-2H3,(H,11,12,13). The summed E-state index contributed by atoms with van der Waals surface area (Å²) in [5.41, 5.74) is 1.19. The van der Waals surface area contributed by atoms with Gasteiger partial charge in [0.2, 0.25) is 5.95 Å². The fourth-order valence-electron chi connectivity index (χ4n) is 1.56. The Morgan fingerprint density at radius 1 is 1.62 bits per heavy atom. The molecule has 0 aromatic carbocycles. The van der Waals surface area contributed by atoms with Gasteiger partial charge in [-0.25, -0.2) is 9.97 Å². The predicted octanol–water partition coefficient (Wildman–Crippen LogP) is 2.03. The molecule has 0 bridgehead atoms. The molecule has 1 aromatic rings. The van der Waals surface area contributed by atoms with Crippen molar-refractivity contribution in [1.29, 1.82) is 0 Å². The van der Waals surface area contributed by atoms with Gasteiger partial charge in [0.1, 0.15) is 0 Å². The highest BCUT2D eigenvalue weighted by atomic mass is 15.1. The van der Waals surface area contributed by atoms with Crippen LogP contribution in [0.3, 0.4) is 0 Å². The first-order valence-electron chi connectivity index (χ1n) is 4.88. The maximum absolute atomic E-state index is 4.45. The predicted molar refractivity (Wildman–Crippen MR) is 52.7 cm³/mol. The van der Waals surface area contributed by atoms with Crippen LogP contribution in [0.25, 0.3) is 0 Å². The van der Waals surface area contributed by atoms with E-state index in [4.69, 9.17) is 0 Å². The number of rotatable bonds is 3. The van der Waals surface area contributed by atoms with Crippen LogP contribution in [0, 0.1) is 5.92 Å². The van der Waals surface area contributed by atoms with Crippen molar-refractivity contribution < 1.29 is 0 Å². The lowest BCUT2D eigenvalue weighted by molar-refractivity contribution is 0.876. The van der Waals surface area contributed by atoms with Gasteiger partial charge in [0, 0.05) is 24.4 Å². The maximum Gasteiger partial charge on any atom is 0.222 e. The van der Waals surface area contributed by atoms with Crippen molar-refractivity contribution in [2.75, 3.05) is 11.9 Å². The average Bonchev–Trinajstić information content (AvgIpc) is 2.84. The second kappa shape index (κ2) is 3.32. The monoisotopic (exact) mass is 177 g/mol. The number of nitrogens with one attached hydrogen (secondary N) is 1. The van der Waals surface area contributed by atoms with Crippen LogP contribution < -0.4 is 5.32 Å². The van der Waals surface area contributed by atoms with Crippen molar-refractivity contribution in [3.05, 3.63) is 18.0 Å². The summed E-state index contributed by atoms with van der Waals surface area (Å²) in [6, 6.07) is 2.02. The van der Waals surface area contributed by atoms with Crippen LogP contribution in [0.5, 0.6) is 0 Å². The van der Waals surface area contributed by atoms with E-state index >= 15 is 0 Å². The lowest BCUT2D eigenvalue weighted by atomic mass is 10.2. The molecule has 2 rings (SSSR count). The molecule has 1 aliphatic carbocycles. The van der Waals surface area contributed by atoms with E-state index in [9.17, 15) is 0 Å². The minimum atomic E-state index is 0.681. The average molecular weight is 177 g/mol. The molecule has 1 heterocycles. The van der Waals surface area contributed by atoms with E-state index in [0.717, 1.165) is 18.4 Å². The molecule has 0 radical (unpaired) electrons. The molecular weight excluding hydrogens is 162 g/mol. The quantitative estimate of drug-likeness (QED) is 0.767. The summed E-state index contributed by atoms with van der Waals surface area (Å²) in [5.74, 6) is 2.25. The normalized spacial score (nSPS) is 25.7. The molecule has 0 saturated heterocycles. The molecular formula is C10H15N3. The summed E-state index contributed by atoms with van der Waals surface area (Å²) in [5, 5.41) is 3.12. The van der Waals surface area contributed by atoms with Crippen LogP contribution in [-0.4, -0.2) is 16.5 Å². The fourth-order valence-corrected chi connectivity index (χ4v) is 1.56. The van der Waals surface area contributed by atoms with Crippen molar-refractivity contribution in [2.45, 2.75) is 26.2 Å². The largest absolute Gasteiger partial charge is 0.354 e. The van der Waals surface area contributed by atoms with E-state index in [1.807, 2.05) is 12.3 Å². The van der Waals surface area contributed by atoms with Gasteiger partial charge in [-0.15, -0.1) is 0 Å². The van der Waals surface area contributed by atoms with Gasteiger partial charge < -0.3 is 5.32 Å². The second-order valence-corrected chi connectivity index (χ2v) is 3.65. The number of anilines is 1. The molecule has 2 atom stereocenters. The molecule has 2 unspecified atom stereocenters. The lowest BCUT2D eigenvalue weighted by Gasteiger charge is -2.02. The fraction of sp³-hybridized carbons (Fsp3) is 0.600. The van der Waals surface area contributed by atoms with Gasteiger partial charge in [0.05, 0.1) is 0 Å². The SMILES string of the molecule is CCNc1nccc(C2CC2C)n1. The van der Waals surface area contributed by atoms with Crippen molar-refractivity contribution in [1.82, 2.24) is 9.97 Å². The molecule has 1 N–H and O–H groups in total. The Hall–Kier alpha value is -1.12. The third-order valence-corrected chi connectivity index (χ3v) is 2.50. The van der Waals surface area contributed by atoms with Crippen molar-refractivity contribution >= 4 is 5.95 Å². The van der Waals surface area contributed by atoms with E-state index in [1.165, 1.54) is 12.1 Å². The van der Waals surface area contributed by atoms with Gasteiger partial charge in [-0.3, -0.25) is 0 Å². The van der Waals surface area contributed by atoms with Crippen LogP contribution in [-0.2, 0) is 0 Å². The Labute approximate surface area is 78.6 Å². The molecule has 0 aliphatic heterocycles. The van der Waals surface area contributed by atoms with E-state index in [2.05, 4.69) is 29.1 Å². The molecule has 1 aromatic heterocycles. The van der Waals surface area contributed by atoms with Gasteiger partial charge >= 0.3 is 0 Å². The Kier molecular flexibility index (Phi) is 2.17. The van der Waals surface area contributed by atoms with Crippen molar-refractivity contribution in [3.63, 3.8) is 0 Å². The molecule has 1 fully saturated rings. The second-order valence-electron chi connectivity index (χ2n) is 3.65.